The zero-order valence-electron chi connectivity index (χ0n) is 9.86. The normalized spacial score (nSPS) is 9.53. The molecule has 0 aliphatic carbocycles. The van der Waals surface area contributed by atoms with Crippen LogP contribution < -0.4 is 14.8 Å². The van der Waals surface area contributed by atoms with Gasteiger partial charge in [0, 0.05) is 6.92 Å². The third-order valence-corrected chi connectivity index (χ3v) is 2.08. The SMILES string of the molecule is COc1cccc(C=O)c1OCCNC(C)=O. The third kappa shape index (κ3) is 3.79. The second-order valence-corrected chi connectivity index (χ2v) is 3.33. The standard InChI is InChI=1S/C12H15NO4/c1-9(15)13-6-7-17-12-10(8-14)4-3-5-11(12)16-2/h3-5,8H,6-7H2,1-2H3,(H,13,15). The summed E-state index contributed by atoms with van der Waals surface area (Å²) in [6, 6.07) is 5.06. The van der Waals surface area contributed by atoms with Crippen LogP contribution in [0.5, 0.6) is 11.5 Å². The highest BCUT2D eigenvalue weighted by molar-refractivity contribution is 5.81. The highest BCUT2D eigenvalue weighted by Gasteiger charge is 2.09. The maximum absolute atomic E-state index is 10.8. The van der Waals surface area contributed by atoms with E-state index >= 15 is 0 Å². The van der Waals surface area contributed by atoms with Gasteiger partial charge in [0.25, 0.3) is 0 Å². The predicted molar refractivity (Wildman–Crippen MR) is 62.6 cm³/mol. The van der Waals surface area contributed by atoms with Crippen molar-refractivity contribution in [3.63, 3.8) is 0 Å². The number of methoxy groups -OCH3 is 1. The van der Waals surface area contributed by atoms with Crippen LogP contribution >= 0.6 is 0 Å². The molecule has 17 heavy (non-hydrogen) atoms. The number of hydrogen-bond acceptors (Lipinski definition) is 4. The molecule has 5 heteroatoms. The van der Waals surface area contributed by atoms with Gasteiger partial charge in [-0.25, -0.2) is 0 Å². The van der Waals surface area contributed by atoms with Gasteiger partial charge in [-0.2, -0.15) is 0 Å². The molecule has 0 bridgehead atoms. The van der Waals surface area contributed by atoms with Crippen LogP contribution in [0.25, 0.3) is 0 Å². The van der Waals surface area contributed by atoms with E-state index in [0.29, 0.717) is 29.9 Å². The Hall–Kier alpha value is -2.04. The summed E-state index contributed by atoms with van der Waals surface area (Å²) >= 11 is 0. The summed E-state index contributed by atoms with van der Waals surface area (Å²) in [7, 11) is 1.50. The van der Waals surface area contributed by atoms with E-state index in [4.69, 9.17) is 9.47 Å². The van der Waals surface area contributed by atoms with Gasteiger partial charge >= 0.3 is 0 Å². The molecule has 1 N–H and O–H groups in total. The Bertz CT molecular complexity index is 403. The number of amides is 1. The summed E-state index contributed by atoms with van der Waals surface area (Å²) in [4.78, 5) is 21.5. The van der Waals surface area contributed by atoms with E-state index in [1.54, 1.807) is 18.2 Å². The van der Waals surface area contributed by atoms with Crippen molar-refractivity contribution in [2.24, 2.45) is 0 Å². The highest BCUT2D eigenvalue weighted by atomic mass is 16.5. The molecule has 0 saturated heterocycles. The van der Waals surface area contributed by atoms with E-state index in [1.165, 1.54) is 14.0 Å². The Labute approximate surface area is 99.7 Å². The molecule has 1 aromatic carbocycles. The number of ether oxygens (including phenoxy) is 2. The van der Waals surface area contributed by atoms with Gasteiger partial charge in [0.2, 0.25) is 5.91 Å². The van der Waals surface area contributed by atoms with Crippen molar-refractivity contribution in [2.75, 3.05) is 20.3 Å². The maximum atomic E-state index is 10.8. The fourth-order valence-electron chi connectivity index (χ4n) is 1.32. The van der Waals surface area contributed by atoms with Gasteiger partial charge in [-0.3, -0.25) is 9.59 Å². The molecular formula is C12H15NO4. The van der Waals surface area contributed by atoms with Crippen molar-refractivity contribution in [3.05, 3.63) is 23.8 Å². The van der Waals surface area contributed by atoms with Gasteiger partial charge in [-0.05, 0) is 12.1 Å². The van der Waals surface area contributed by atoms with E-state index in [-0.39, 0.29) is 12.5 Å². The predicted octanol–water partition coefficient (Wildman–Crippen LogP) is 1.02. The Morgan fingerprint density at radius 2 is 2.24 bits per heavy atom. The Kier molecular flexibility index (Phi) is 5.00. The number of benzene rings is 1. The minimum Gasteiger partial charge on any atom is -0.493 e. The van der Waals surface area contributed by atoms with Crippen LogP contribution in [0.3, 0.4) is 0 Å². The summed E-state index contributed by atoms with van der Waals surface area (Å²) < 4.78 is 10.5. The quantitative estimate of drug-likeness (QED) is 0.592. The largest absolute Gasteiger partial charge is 0.493 e. The summed E-state index contributed by atoms with van der Waals surface area (Å²) in [6.45, 7) is 2.09. The summed E-state index contributed by atoms with van der Waals surface area (Å²) in [5.41, 5.74) is 0.423. The van der Waals surface area contributed by atoms with Crippen molar-refractivity contribution >= 4 is 12.2 Å². The molecule has 0 aliphatic rings. The molecule has 0 aromatic heterocycles. The van der Waals surface area contributed by atoms with Crippen LogP contribution in [-0.2, 0) is 4.79 Å². The smallest absolute Gasteiger partial charge is 0.216 e. The molecule has 92 valence electrons. The molecule has 0 atom stereocenters. The van der Waals surface area contributed by atoms with Crippen LogP contribution in [-0.4, -0.2) is 32.5 Å². The minimum absolute atomic E-state index is 0.121. The summed E-state index contributed by atoms with van der Waals surface area (Å²) in [5.74, 6) is 0.775. The fourth-order valence-corrected chi connectivity index (χ4v) is 1.32. The first kappa shape index (κ1) is 13.0. The van der Waals surface area contributed by atoms with E-state index in [0.717, 1.165) is 0 Å². The average molecular weight is 237 g/mol. The van der Waals surface area contributed by atoms with Crippen molar-refractivity contribution < 1.29 is 19.1 Å². The number of hydrogen-bond donors (Lipinski definition) is 1. The number of nitrogens with one attached hydrogen (secondary N) is 1. The Morgan fingerprint density at radius 3 is 2.82 bits per heavy atom. The van der Waals surface area contributed by atoms with Crippen LogP contribution in [0, 0.1) is 0 Å². The first-order valence-electron chi connectivity index (χ1n) is 5.18. The lowest BCUT2D eigenvalue weighted by atomic mass is 10.2. The van der Waals surface area contributed by atoms with Crippen molar-refractivity contribution in [3.8, 4) is 11.5 Å². The van der Waals surface area contributed by atoms with Gasteiger partial charge < -0.3 is 14.8 Å². The molecular weight excluding hydrogens is 222 g/mol. The van der Waals surface area contributed by atoms with E-state index in [2.05, 4.69) is 5.32 Å². The maximum Gasteiger partial charge on any atom is 0.216 e. The lowest BCUT2D eigenvalue weighted by Gasteiger charge is -2.12. The minimum atomic E-state index is -0.121. The van der Waals surface area contributed by atoms with E-state index in [9.17, 15) is 9.59 Å². The number of para-hydroxylation sites is 1. The van der Waals surface area contributed by atoms with E-state index in [1.807, 2.05) is 0 Å². The average Bonchev–Trinajstić information content (AvgIpc) is 2.34. The first-order valence-corrected chi connectivity index (χ1v) is 5.18. The van der Waals surface area contributed by atoms with Crippen molar-refractivity contribution in [1.82, 2.24) is 5.32 Å². The third-order valence-electron chi connectivity index (χ3n) is 2.08. The molecule has 5 nitrogen and oxygen atoms in total. The van der Waals surface area contributed by atoms with Gasteiger partial charge in [0.05, 0.1) is 19.2 Å². The molecule has 0 heterocycles. The molecule has 1 rings (SSSR count). The van der Waals surface area contributed by atoms with Gasteiger partial charge in [-0.15, -0.1) is 0 Å². The molecule has 1 amide bonds. The summed E-state index contributed by atoms with van der Waals surface area (Å²) in [6.07, 6.45) is 0.705. The molecule has 1 aromatic rings. The van der Waals surface area contributed by atoms with Crippen LogP contribution in [0.15, 0.2) is 18.2 Å². The Balaban J connectivity index is 2.67. The number of carbonyl (C=O) groups excluding carboxylic acids is 2. The number of rotatable bonds is 6. The topological polar surface area (TPSA) is 64.6 Å². The van der Waals surface area contributed by atoms with Crippen LogP contribution in [0.1, 0.15) is 17.3 Å². The van der Waals surface area contributed by atoms with Crippen molar-refractivity contribution in [1.29, 1.82) is 0 Å². The number of aldehydes is 1. The molecule has 0 aliphatic heterocycles. The van der Waals surface area contributed by atoms with Gasteiger partial charge in [0.1, 0.15) is 6.61 Å². The van der Waals surface area contributed by atoms with Crippen molar-refractivity contribution in [2.45, 2.75) is 6.92 Å². The second-order valence-electron chi connectivity index (χ2n) is 3.33. The lowest BCUT2D eigenvalue weighted by molar-refractivity contribution is -0.119. The molecule has 0 spiro atoms. The van der Waals surface area contributed by atoms with Gasteiger partial charge in [0.15, 0.2) is 17.8 Å². The zero-order valence-corrected chi connectivity index (χ0v) is 9.86. The van der Waals surface area contributed by atoms with Gasteiger partial charge in [-0.1, -0.05) is 6.07 Å². The molecule has 0 fully saturated rings. The summed E-state index contributed by atoms with van der Waals surface area (Å²) in [5, 5.41) is 2.60. The van der Waals surface area contributed by atoms with Crippen LogP contribution in [0.4, 0.5) is 0 Å². The lowest BCUT2D eigenvalue weighted by Crippen LogP contribution is -2.25. The highest BCUT2D eigenvalue weighted by Crippen LogP contribution is 2.29. The first-order chi connectivity index (χ1) is 8.19. The zero-order chi connectivity index (χ0) is 12.7. The fraction of sp³-hybridized carbons (Fsp3) is 0.333. The second kappa shape index (κ2) is 6.52. The molecule has 0 unspecified atom stereocenters. The van der Waals surface area contributed by atoms with Crippen LogP contribution in [0.2, 0.25) is 0 Å². The molecule has 0 radical (unpaired) electrons. The number of carbonyl (C=O) groups is 2. The monoisotopic (exact) mass is 237 g/mol. The Morgan fingerprint density at radius 1 is 1.47 bits per heavy atom. The molecule has 0 saturated carbocycles. The van der Waals surface area contributed by atoms with E-state index < -0.39 is 0 Å².